The molecule has 6 heteroatoms. The van der Waals surface area contributed by atoms with Crippen LogP contribution in [0.15, 0.2) is 243 Å². The number of hydrogen-bond acceptors (Lipinski definition) is 5. The number of fused-ring (bicyclic) bond motifs is 5. The zero-order valence-corrected chi connectivity index (χ0v) is 34.8. The van der Waals surface area contributed by atoms with Gasteiger partial charge >= 0.3 is 0 Å². The molecule has 12 rings (SSSR count). The molecule has 0 bridgehead atoms. The van der Waals surface area contributed by atoms with Crippen molar-refractivity contribution in [3.63, 3.8) is 0 Å². The van der Waals surface area contributed by atoms with Crippen molar-refractivity contribution < 1.29 is 0 Å². The van der Waals surface area contributed by atoms with Crippen molar-refractivity contribution in [3.05, 3.63) is 243 Å². The summed E-state index contributed by atoms with van der Waals surface area (Å²) >= 11 is 0. The van der Waals surface area contributed by atoms with E-state index in [1.165, 1.54) is 10.8 Å². The van der Waals surface area contributed by atoms with Crippen molar-refractivity contribution in [2.24, 2.45) is 0 Å². The maximum absolute atomic E-state index is 4.27. The van der Waals surface area contributed by atoms with E-state index < -0.39 is 0 Å². The van der Waals surface area contributed by atoms with Crippen LogP contribution < -0.4 is 14.7 Å². The van der Waals surface area contributed by atoms with Gasteiger partial charge in [-0.3, -0.25) is 9.97 Å². The van der Waals surface area contributed by atoms with Crippen LogP contribution in [0.5, 0.6) is 0 Å². The van der Waals surface area contributed by atoms with Gasteiger partial charge in [0.15, 0.2) is 0 Å². The lowest BCUT2D eigenvalue weighted by Crippen LogP contribution is -2.24. The van der Waals surface area contributed by atoms with E-state index in [4.69, 9.17) is 0 Å². The van der Waals surface area contributed by atoms with Gasteiger partial charge < -0.3 is 19.3 Å². The van der Waals surface area contributed by atoms with E-state index in [0.29, 0.717) is 0 Å². The molecule has 0 fully saturated rings. The topological polar surface area (TPSA) is 40.4 Å². The lowest BCUT2D eigenvalue weighted by molar-refractivity contribution is 1.14. The van der Waals surface area contributed by atoms with E-state index >= 15 is 0 Å². The summed E-state index contributed by atoms with van der Waals surface area (Å²) in [5, 5.41) is 2.43. The number of hydrogen-bond donors (Lipinski definition) is 0. The second kappa shape index (κ2) is 15.6. The summed E-state index contributed by atoms with van der Waals surface area (Å²) in [5.74, 6) is 0. The van der Waals surface area contributed by atoms with Gasteiger partial charge in [0.05, 0.1) is 50.8 Å². The molecule has 4 heterocycles. The Hall–Kier alpha value is -8.74. The molecule has 0 saturated carbocycles. The minimum Gasteiger partial charge on any atom is -0.310 e. The largest absolute Gasteiger partial charge is 0.310 e. The molecule has 6 nitrogen and oxygen atoms in total. The molecule has 0 N–H and O–H groups in total. The highest BCUT2D eigenvalue weighted by atomic mass is 15.3. The average molecular weight is 821 g/mol. The fraction of sp³-hybridized carbons (Fsp3) is 0. The van der Waals surface area contributed by atoms with Crippen LogP contribution in [-0.2, 0) is 0 Å². The molecule has 3 aromatic heterocycles. The van der Waals surface area contributed by atoms with E-state index in [1.807, 2.05) is 24.8 Å². The second-order valence-electron chi connectivity index (χ2n) is 16.0. The molecule has 8 aromatic carbocycles. The van der Waals surface area contributed by atoms with E-state index in [9.17, 15) is 0 Å². The second-order valence-corrected chi connectivity index (χ2v) is 16.0. The molecule has 0 atom stereocenters. The number of nitrogens with zero attached hydrogens (tertiary/aromatic N) is 6. The Labute approximate surface area is 371 Å². The summed E-state index contributed by atoms with van der Waals surface area (Å²) in [6, 6.07) is 78.6. The first kappa shape index (κ1) is 37.1. The summed E-state index contributed by atoms with van der Waals surface area (Å²) in [5.41, 5.74) is 17.5. The molecule has 11 aromatic rings. The van der Waals surface area contributed by atoms with Crippen molar-refractivity contribution in [2.45, 2.75) is 0 Å². The molecule has 0 unspecified atom stereocenters. The van der Waals surface area contributed by atoms with Gasteiger partial charge in [0.1, 0.15) is 0 Å². The molecule has 0 radical (unpaired) electrons. The predicted molar refractivity (Wildman–Crippen MR) is 265 cm³/mol. The first-order chi connectivity index (χ1) is 31.8. The number of pyridine rings is 2. The number of anilines is 9. The van der Waals surface area contributed by atoms with Crippen LogP contribution in [0, 0.1) is 0 Å². The van der Waals surface area contributed by atoms with Crippen LogP contribution in [0.3, 0.4) is 0 Å². The number of aromatic nitrogens is 3. The smallest absolute Gasteiger partial charge is 0.0703 e. The minimum absolute atomic E-state index is 1.02. The first-order valence-corrected chi connectivity index (χ1v) is 21.5. The minimum atomic E-state index is 1.02. The zero-order chi connectivity index (χ0) is 42.4. The van der Waals surface area contributed by atoms with Crippen LogP contribution >= 0.6 is 0 Å². The third-order valence-corrected chi connectivity index (χ3v) is 12.3. The summed E-state index contributed by atoms with van der Waals surface area (Å²) in [4.78, 5) is 15.7. The Morgan fingerprint density at radius 3 is 1.17 bits per heavy atom. The normalized spacial score (nSPS) is 12.0. The Morgan fingerprint density at radius 2 is 0.688 bits per heavy atom. The van der Waals surface area contributed by atoms with Crippen LogP contribution in [0.4, 0.5) is 51.2 Å². The highest BCUT2D eigenvalue weighted by Crippen LogP contribution is 2.55. The SMILES string of the molecule is c1ccc(N2c3ccccc3N(c3cc(N(c4ccc(-c5ccncc5)cc4)c4ccc(-c5ccncc5)cc4)cc(-n4c5ccccc5c5ccccc54)c3)c3ccccc32)cc1. The Bertz CT molecular complexity index is 3260. The monoisotopic (exact) mass is 820 g/mol. The lowest BCUT2D eigenvalue weighted by Gasteiger charge is -2.40. The fourth-order valence-electron chi connectivity index (χ4n) is 9.39. The van der Waals surface area contributed by atoms with Crippen molar-refractivity contribution in [3.8, 4) is 27.9 Å². The Balaban J connectivity index is 1.12. The third-order valence-electron chi connectivity index (χ3n) is 12.3. The lowest BCUT2D eigenvalue weighted by atomic mass is 10.0. The van der Waals surface area contributed by atoms with E-state index in [1.54, 1.807) is 0 Å². The summed E-state index contributed by atoms with van der Waals surface area (Å²) in [7, 11) is 0. The Kier molecular flexibility index (Phi) is 9.05. The molecule has 0 saturated heterocycles. The van der Waals surface area contributed by atoms with E-state index in [0.717, 1.165) is 90.2 Å². The molecule has 0 amide bonds. The highest BCUT2D eigenvalue weighted by Gasteiger charge is 2.31. The predicted octanol–water partition coefficient (Wildman–Crippen LogP) is 15.6. The van der Waals surface area contributed by atoms with Crippen LogP contribution in [0.25, 0.3) is 49.7 Å². The van der Waals surface area contributed by atoms with Crippen LogP contribution in [0.1, 0.15) is 0 Å². The molecular weight excluding hydrogens is 781 g/mol. The van der Waals surface area contributed by atoms with Crippen molar-refractivity contribution in [2.75, 3.05) is 14.7 Å². The van der Waals surface area contributed by atoms with Gasteiger partial charge in [0, 0.05) is 52.6 Å². The molecule has 1 aliphatic rings. The van der Waals surface area contributed by atoms with Gasteiger partial charge in [-0.25, -0.2) is 0 Å². The van der Waals surface area contributed by atoms with Gasteiger partial charge in [-0.15, -0.1) is 0 Å². The van der Waals surface area contributed by atoms with Gasteiger partial charge in [-0.2, -0.15) is 0 Å². The molecular formula is C58H40N6. The molecule has 64 heavy (non-hydrogen) atoms. The van der Waals surface area contributed by atoms with Crippen molar-refractivity contribution >= 4 is 73.0 Å². The average Bonchev–Trinajstić information content (AvgIpc) is 3.71. The number of para-hydroxylation sites is 7. The first-order valence-electron chi connectivity index (χ1n) is 21.5. The molecule has 0 aliphatic carbocycles. The Morgan fingerprint density at radius 1 is 0.297 bits per heavy atom. The fourth-order valence-corrected chi connectivity index (χ4v) is 9.39. The maximum atomic E-state index is 4.27. The number of rotatable bonds is 8. The van der Waals surface area contributed by atoms with Gasteiger partial charge in [-0.05, 0) is 138 Å². The molecule has 1 aliphatic heterocycles. The quantitative estimate of drug-likeness (QED) is 0.153. The summed E-state index contributed by atoms with van der Waals surface area (Å²) in [6.07, 6.45) is 7.38. The van der Waals surface area contributed by atoms with Crippen molar-refractivity contribution in [1.82, 2.24) is 14.5 Å². The van der Waals surface area contributed by atoms with E-state index in [2.05, 4.69) is 248 Å². The highest BCUT2D eigenvalue weighted by molar-refractivity contribution is 6.10. The standard InChI is InChI=1S/C58H40N6/c1-2-12-45(13-3-1)62-55-18-8-10-20-57(55)64(58-21-11-9-19-56(58)62)50-39-48(38-49(40-50)63-53-16-6-4-14-51(53)52-15-5-7-17-54(52)63)61(46-26-22-41(23-27-46)43-30-34-59-35-31-43)47-28-24-42(25-29-47)44-32-36-60-37-33-44/h1-40H. The molecule has 0 spiro atoms. The van der Waals surface area contributed by atoms with Gasteiger partial charge in [0.25, 0.3) is 0 Å². The zero-order valence-electron chi connectivity index (χ0n) is 34.8. The molecule has 302 valence electrons. The third kappa shape index (κ3) is 6.36. The summed E-state index contributed by atoms with van der Waals surface area (Å²) < 4.78 is 2.42. The van der Waals surface area contributed by atoms with Crippen molar-refractivity contribution in [1.29, 1.82) is 0 Å². The maximum Gasteiger partial charge on any atom is 0.0703 e. The van der Waals surface area contributed by atoms with Gasteiger partial charge in [-0.1, -0.05) is 103 Å². The van der Waals surface area contributed by atoms with E-state index in [-0.39, 0.29) is 0 Å². The van der Waals surface area contributed by atoms with Crippen LogP contribution in [-0.4, -0.2) is 14.5 Å². The summed E-state index contributed by atoms with van der Waals surface area (Å²) in [6.45, 7) is 0. The number of benzene rings is 8. The van der Waals surface area contributed by atoms with Gasteiger partial charge in [0.2, 0.25) is 0 Å². The van der Waals surface area contributed by atoms with Crippen LogP contribution in [0.2, 0.25) is 0 Å².